The van der Waals surface area contributed by atoms with Gasteiger partial charge in [0.25, 0.3) is 0 Å². The summed E-state index contributed by atoms with van der Waals surface area (Å²) in [5.41, 5.74) is 1.07. The van der Waals surface area contributed by atoms with E-state index in [1.807, 2.05) is 111 Å². The van der Waals surface area contributed by atoms with Crippen LogP contribution >= 0.6 is 0 Å². The molecule has 0 bridgehead atoms. The molecule has 0 aromatic heterocycles. The summed E-state index contributed by atoms with van der Waals surface area (Å²) in [6.45, 7) is 23.3. The number of benzene rings is 1. The highest BCUT2D eigenvalue weighted by molar-refractivity contribution is 5.22. The Morgan fingerprint density at radius 2 is 1.64 bits per heavy atom. The van der Waals surface area contributed by atoms with Gasteiger partial charge in [0, 0.05) is 19.5 Å². The number of aliphatic hydroxyl groups is 1. The largest absolute Gasteiger partial charge is 0.462 e. The van der Waals surface area contributed by atoms with Crippen LogP contribution in [0.15, 0.2) is 91.1 Å². The number of hydrogen-bond donors (Lipinski definition) is 2. The summed E-state index contributed by atoms with van der Waals surface area (Å²) in [7, 11) is 1.85. The highest BCUT2D eigenvalue weighted by Gasteiger charge is 2.24. The summed E-state index contributed by atoms with van der Waals surface area (Å²) in [5.74, 6) is 1.48. The van der Waals surface area contributed by atoms with Crippen LogP contribution in [0.1, 0.15) is 86.8 Å². The number of rotatable bonds is 14. The van der Waals surface area contributed by atoms with Crippen LogP contribution in [0.2, 0.25) is 0 Å². The number of allylic oxidation sites excluding steroid dienone is 5. The van der Waals surface area contributed by atoms with Gasteiger partial charge in [-0.15, -0.1) is 0 Å². The third kappa shape index (κ3) is 17.8. The molecule has 0 aliphatic heterocycles. The second-order valence-electron chi connectivity index (χ2n) is 6.98. The van der Waals surface area contributed by atoms with E-state index in [1.54, 1.807) is 0 Å². The molecule has 0 aliphatic rings. The van der Waals surface area contributed by atoms with E-state index in [9.17, 15) is 5.11 Å². The molecular formula is C32H56N2O2. The van der Waals surface area contributed by atoms with Crippen molar-refractivity contribution in [2.75, 3.05) is 20.1 Å². The average molecular weight is 501 g/mol. The zero-order valence-corrected chi connectivity index (χ0v) is 24.9. The molecule has 4 heteroatoms. The Balaban J connectivity index is -0.00000168. The minimum absolute atomic E-state index is 0.168. The fourth-order valence-corrected chi connectivity index (χ4v) is 3.05. The lowest BCUT2D eigenvalue weighted by molar-refractivity contribution is 0.0795. The lowest BCUT2D eigenvalue weighted by Crippen LogP contribution is -2.38. The van der Waals surface area contributed by atoms with Crippen molar-refractivity contribution < 1.29 is 9.84 Å². The lowest BCUT2D eigenvalue weighted by Gasteiger charge is -2.34. The predicted octanol–water partition coefficient (Wildman–Crippen LogP) is 8.57. The first-order valence-electron chi connectivity index (χ1n) is 13.7. The van der Waals surface area contributed by atoms with Gasteiger partial charge in [-0.25, -0.2) is 0 Å². The second-order valence-corrected chi connectivity index (χ2v) is 6.98. The van der Waals surface area contributed by atoms with Gasteiger partial charge < -0.3 is 20.1 Å². The maximum Gasteiger partial charge on any atom is 0.122 e. The van der Waals surface area contributed by atoms with E-state index in [-0.39, 0.29) is 6.04 Å². The summed E-state index contributed by atoms with van der Waals surface area (Å²) in [6, 6.07) is 9.94. The standard InChI is InChI=1S/C26H38N2O2.3C2H6/c1-6-9-18-24(8-3)30-22(4)15-14-20-28(19-10-7-2)26(25(29)21-27-5)23-16-12-11-13-17-23;3*1-2/h7-14,16-18,20,25-27,29H,4,6,15,19,21H2,1-3,5H3;3*1-2H3/b10-7-,18-9-,20-14-,24-8+;;;/t25-,26+;;;/m1.../s1. The molecule has 2 N–H and O–H groups in total. The van der Waals surface area contributed by atoms with E-state index < -0.39 is 6.10 Å². The Hall–Kier alpha value is -2.56. The molecule has 0 amide bonds. The molecule has 0 radical (unpaired) electrons. The lowest BCUT2D eigenvalue weighted by atomic mass is 9.99. The first kappa shape index (κ1) is 38.0. The minimum Gasteiger partial charge on any atom is -0.462 e. The van der Waals surface area contributed by atoms with Crippen LogP contribution in [-0.4, -0.2) is 36.2 Å². The molecule has 0 saturated carbocycles. The van der Waals surface area contributed by atoms with Crippen molar-refractivity contribution in [2.24, 2.45) is 0 Å². The van der Waals surface area contributed by atoms with Crippen molar-refractivity contribution in [3.8, 4) is 0 Å². The smallest absolute Gasteiger partial charge is 0.122 e. The Labute approximate surface area is 224 Å². The molecule has 0 spiro atoms. The summed E-state index contributed by atoms with van der Waals surface area (Å²) < 4.78 is 5.83. The number of aliphatic hydroxyl groups excluding tert-OH is 1. The molecular weight excluding hydrogens is 444 g/mol. The first-order chi connectivity index (χ1) is 17.6. The highest BCUT2D eigenvalue weighted by Crippen LogP contribution is 2.25. The molecule has 1 rings (SSSR count). The normalized spacial score (nSPS) is 12.6. The Morgan fingerprint density at radius 1 is 1.03 bits per heavy atom. The van der Waals surface area contributed by atoms with Crippen LogP contribution in [0, 0.1) is 0 Å². The summed E-state index contributed by atoms with van der Waals surface area (Å²) in [4.78, 5) is 2.15. The van der Waals surface area contributed by atoms with E-state index in [0.717, 1.165) is 17.7 Å². The average Bonchev–Trinajstić information content (AvgIpc) is 2.93. The van der Waals surface area contributed by atoms with E-state index in [4.69, 9.17) is 4.74 Å². The number of nitrogens with one attached hydrogen (secondary N) is 1. The number of nitrogens with zero attached hydrogens (tertiary/aromatic N) is 1. The van der Waals surface area contributed by atoms with Crippen LogP contribution in [0.4, 0.5) is 0 Å². The van der Waals surface area contributed by atoms with Crippen molar-refractivity contribution in [2.45, 2.75) is 87.3 Å². The van der Waals surface area contributed by atoms with Crippen LogP contribution in [0.5, 0.6) is 0 Å². The molecule has 0 unspecified atom stereocenters. The molecule has 0 saturated heterocycles. The van der Waals surface area contributed by atoms with Crippen molar-refractivity contribution in [1.29, 1.82) is 0 Å². The Morgan fingerprint density at radius 3 is 2.14 bits per heavy atom. The Bertz CT molecular complexity index is 721. The molecule has 1 aromatic carbocycles. The van der Waals surface area contributed by atoms with Crippen molar-refractivity contribution in [3.63, 3.8) is 0 Å². The molecule has 2 atom stereocenters. The van der Waals surface area contributed by atoms with E-state index >= 15 is 0 Å². The van der Waals surface area contributed by atoms with Gasteiger partial charge in [0.05, 0.1) is 12.1 Å². The molecule has 4 nitrogen and oxygen atoms in total. The highest BCUT2D eigenvalue weighted by atomic mass is 16.5. The predicted molar refractivity (Wildman–Crippen MR) is 162 cm³/mol. The van der Waals surface area contributed by atoms with Gasteiger partial charge in [0.15, 0.2) is 0 Å². The third-order valence-electron chi connectivity index (χ3n) is 4.53. The van der Waals surface area contributed by atoms with Gasteiger partial charge in [-0.05, 0) is 51.2 Å². The third-order valence-corrected chi connectivity index (χ3v) is 4.53. The zero-order valence-electron chi connectivity index (χ0n) is 24.9. The number of ether oxygens (including phenoxy) is 1. The summed E-state index contributed by atoms with van der Waals surface area (Å²) >= 11 is 0. The van der Waals surface area contributed by atoms with Crippen LogP contribution in [0.3, 0.4) is 0 Å². The van der Waals surface area contributed by atoms with Gasteiger partial charge in [-0.3, -0.25) is 0 Å². The molecule has 0 aliphatic carbocycles. The summed E-state index contributed by atoms with van der Waals surface area (Å²) in [5, 5.41) is 13.9. The molecule has 0 heterocycles. The quantitative estimate of drug-likeness (QED) is 0.152. The molecule has 0 fully saturated rings. The van der Waals surface area contributed by atoms with Gasteiger partial charge in [-0.1, -0.05) is 110 Å². The molecule has 206 valence electrons. The van der Waals surface area contributed by atoms with E-state index in [0.29, 0.717) is 25.3 Å². The first-order valence-corrected chi connectivity index (χ1v) is 13.7. The van der Waals surface area contributed by atoms with E-state index in [1.165, 1.54) is 0 Å². The minimum atomic E-state index is -0.555. The van der Waals surface area contributed by atoms with Gasteiger partial charge in [0.1, 0.15) is 11.5 Å². The SMILES string of the molecule is C=C(C/C=C\N(C/C=C\C)[C@@H](c1ccccc1)[C@H](O)CNC)OC(/C=C\CC)=C/C.CC.CC.CC. The van der Waals surface area contributed by atoms with Crippen LogP contribution in [0.25, 0.3) is 0 Å². The fraction of sp³-hybridized carbons (Fsp3) is 0.500. The number of likely N-dealkylation sites (N-methyl/N-ethyl adjacent to an activating group) is 1. The number of hydrogen-bond acceptors (Lipinski definition) is 4. The van der Waals surface area contributed by atoms with E-state index in [2.05, 4.69) is 48.0 Å². The van der Waals surface area contributed by atoms with Crippen molar-refractivity contribution in [1.82, 2.24) is 10.2 Å². The van der Waals surface area contributed by atoms with Crippen molar-refractivity contribution >= 4 is 0 Å². The maximum atomic E-state index is 10.9. The summed E-state index contributed by atoms with van der Waals surface area (Å²) in [6.07, 6.45) is 15.1. The maximum absolute atomic E-state index is 10.9. The van der Waals surface area contributed by atoms with Crippen LogP contribution in [-0.2, 0) is 4.74 Å². The van der Waals surface area contributed by atoms with Gasteiger partial charge >= 0.3 is 0 Å². The van der Waals surface area contributed by atoms with Gasteiger partial charge in [0.2, 0.25) is 0 Å². The van der Waals surface area contributed by atoms with Gasteiger partial charge in [-0.2, -0.15) is 0 Å². The monoisotopic (exact) mass is 500 g/mol. The molecule has 36 heavy (non-hydrogen) atoms. The molecule has 1 aromatic rings. The van der Waals surface area contributed by atoms with Crippen LogP contribution < -0.4 is 5.32 Å². The fourth-order valence-electron chi connectivity index (χ4n) is 3.05. The van der Waals surface area contributed by atoms with Crippen molar-refractivity contribution in [3.05, 3.63) is 96.6 Å². The topological polar surface area (TPSA) is 44.7 Å². The second kappa shape index (κ2) is 28.7. The Kier molecular flexibility index (Phi) is 30.3. The zero-order chi connectivity index (χ0) is 28.2.